The summed E-state index contributed by atoms with van der Waals surface area (Å²) in [5, 5.41) is 6.28. The fourth-order valence-electron chi connectivity index (χ4n) is 3.42. The Morgan fingerprint density at radius 1 is 1.55 bits per heavy atom. The Bertz CT molecular complexity index is 517. The molecule has 0 spiro atoms. The molecule has 2 aliphatic carbocycles. The number of nitrogens with one attached hydrogen (secondary N) is 2. The van der Waals surface area contributed by atoms with Crippen LogP contribution in [0.3, 0.4) is 0 Å². The minimum atomic E-state index is -4.08. The van der Waals surface area contributed by atoms with E-state index in [4.69, 9.17) is 9.96 Å². The average Bonchev–Trinajstić information content (AvgIpc) is 2.61. The van der Waals surface area contributed by atoms with Crippen LogP contribution in [-0.4, -0.2) is 30.5 Å². The Hall–Kier alpha value is -1.19. The molecule has 0 radical (unpaired) electrons. The highest BCUT2D eigenvalue weighted by Crippen LogP contribution is 2.64. The van der Waals surface area contributed by atoms with E-state index in [1.807, 2.05) is 19.3 Å². The molecule has 116 valence electrons. The van der Waals surface area contributed by atoms with E-state index >= 15 is 0 Å². The molecule has 9 heteroatoms. The lowest BCUT2D eigenvalue weighted by molar-refractivity contribution is -0.128. The van der Waals surface area contributed by atoms with Crippen molar-refractivity contribution in [1.29, 1.82) is 5.41 Å². The van der Waals surface area contributed by atoms with Gasteiger partial charge in [0.2, 0.25) is 0 Å². The van der Waals surface area contributed by atoms with Crippen LogP contribution in [0, 0.1) is 22.2 Å². The molecule has 2 saturated carbocycles. The summed E-state index contributed by atoms with van der Waals surface area (Å²) in [5.74, 6) is 4.25. The fourth-order valence-corrected chi connectivity index (χ4v) is 4.72. The van der Waals surface area contributed by atoms with Gasteiger partial charge in [0.25, 0.3) is 10.1 Å². The van der Waals surface area contributed by atoms with Gasteiger partial charge in [-0.25, -0.2) is 5.84 Å². The number of Topliss-reactive ketones (excluding diaryl/α,β-unsaturated/α-hetero) is 1. The third-order valence-corrected chi connectivity index (χ3v) is 5.58. The first-order valence-corrected chi connectivity index (χ1v) is 7.86. The topological polar surface area (TPSA) is 159 Å². The number of guanidine groups is 1. The number of hydrazine groups is 1. The number of carbonyl (C=O) groups excluding carboxylic acids is 1. The predicted octanol–water partition coefficient (Wildman–Crippen LogP) is -0.387. The summed E-state index contributed by atoms with van der Waals surface area (Å²) in [6, 6.07) is 0. The van der Waals surface area contributed by atoms with Gasteiger partial charge in [-0.2, -0.15) is 8.42 Å². The minimum absolute atomic E-state index is 0.0152. The number of rotatable bonds is 2. The summed E-state index contributed by atoms with van der Waals surface area (Å²) in [6.07, 6.45) is 1.97. The van der Waals surface area contributed by atoms with Gasteiger partial charge in [0, 0.05) is 6.42 Å². The lowest BCUT2D eigenvalue weighted by atomic mass is 9.70. The van der Waals surface area contributed by atoms with Crippen molar-refractivity contribution >= 4 is 21.9 Å². The molecule has 7 N–H and O–H groups in total. The molecule has 0 heterocycles. The molecule has 0 aromatic rings. The smallest absolute Gasteiger partial charge is 0.265 e. The molecule has 0 aromatic carbocycles. The first-order valence-electron chi connectivity index (χ1n) is 6.25. The molecule has 0 aliphatic heterocycles. The zero-order chi connectivity index (χ0) is 15.8. The van der Waals surface area contributed by atoms with Crippen LogP contribution in [0.25, 0.3) is 0 Å². The third-order valence-electron chi connectivity index (χ3n) is 4.72. The van der Waals surface area contributed by atoms with E-state index in [0.29, 0.717) is 12.8 Å². The van der Waals surface area contributed by atoms with E-state index < -0.39 is 21.3 Å². The second-order valence-electron chi connectivity index (χ2n) is 5.95. The number of nitrogens with two attached hydrogens (primary N) is 2. The van der Waals surface area contributed by atoms with Crippen LogP contribution < -0.4 is 17.0 Å². The molecule has 2 fully saturated rings. The summed E-state index contributed by atoms with van der Waals surface area (Å²) in [4.78, 5) is 11.9. The average molecular weight is 306 g/mol. The number of hydrogen-bond acceptors (Lipinski definition) is 5. The maximum Gasteiger partial charge on any atom is 0.265 e. The summed E-state index contributed by atoms with van der Waals surface area (Å²) >= 11 is 0. The van der Waals surface area contributed by atoms with E-state index in [-0.39, 0.29) is 23.1 Å². The van der Waals surface area contributed by atoms with E-state index in [2.05, 4.69) is 11.6 Å². The Balaban J connectivity index is 0.000000347. The van der Waals surface area contributed by atoms with Crippen LogP contribution in [0.5, 0.6) is 0 Å². The SMILES string of the molecule is CC1(C)C2CCC1(CS(=O)(=O)O)C(=O)C2.N=C(N)NN. The second kappa shape index (κ2) is 5.30. The van der Waals surface area contributed by atoms with Crippen LogP contribution in [0.15, 0.2) is 0 Å². The van der Waals surface area contributed by atoms with Gasteiger partial charge in [-0.1, -0.05) is 13.8 Å². The molecule has 20 heavy (non-hydrogen) atoms. The second-order valence-corrected chi connectivity index (χ2v) is 7.40. The van der Waals surface area contributed by atoms with Crippen molar-refractivity contribution < 1.29 is 17.8 Å². The van der Waals surface area contributed by atoms with Gasteiger partial charge in [-0.05, 0) is 24.2 Å². The van der Waals surface area contributed by atoms with Crippen molar-refractivity contribution in [1.82, 2.24) is 5.43 Å². The van der Waals surface area contributed by atoms with Crippen LogP contribution in [0.4, 0.5) is 0 Å². The predicted molar refractivity (Wildman–Crippen MR) is 74.2 cm³/mol. The Morgan fingerprint density at radius 2 is 2.05 bits per heavy atom. The van der Waals surface area contributed by atoms with E-state index in [0.717, 1.165) is 6.42 Å². The van der Waals surface area contributed by atoms with Gasteiger partial charge in [0.05, 0.1) is 11.2 Å². The van der Waals surface area contributed by atoms with Crippen LogP contribution >= 0.6 is 0 Å². The van der Waals surface area contributed by atoms with Crippen molar-refractivity contribution in [3.8, 4) is 0 Å². The minimum Gasteiger partial charge on any atom is -0.369 e. The highest BCUT2D eigenvalue weighted by atomic mass is 32.2. The summed E-state index contributed by atoms with van der Waals surface area (Å²) in [7, 11) is -4.08. The molecule has 0 saturated heterocycles. The van der Waals surface area contributed by atoms with Crippen molar-refractivity contribution in [3.63, 3.8) is 0 Å². The molecule has 2 rings (SSSR count). The summed E-state index contributed by atoms with van der Waals surface area (Å²) < 4.78 is 31.0. The number of fused-ring (bicyclic) bond motifs is 2. The largest absolute Gasteiger partial charge is 0.369 e. The Kier molecular flexibility index (Phi) is 4.47. The summed E-state index contributed by atoms with van der Waals surface area (Å²) in [5.41, 5.74) is 5.41. The highest BCUT2D eigenvalue weighted by Gasteiger charge is 2.65. The van der Waals surface area contributed by atoms with Crippen molar-refractivity contribution in [2.45, 2.75) is 33.1 Å². The third kappa shape index (κ3) is 2.94. The normalized spacial score (nSPS) is 30.6. The number of ketones is 1. The van der Waals surface area contributed by atoms with Gasteiger partial charge in [-0.3, -0.25) is 20.2 Å². The van der Waals surface area contributed by atoms with Crippen molar-refractivity contribution in [2.24, 2.45) is 28.3 Å². The molecule has 2 aliphatic rings. The summed E-state index contributed by atoms with van der Waals surface area (Å²) in [6.45, 7) is 3.89. The van der Waals surface area contributed by atoms with Crippen molar-refractivity contribution in [3.05, 3.63) is 0 Å². The standard InChI is InChI=1S/C10H16O4S.CH6N4/c1-9(2)7-3-4-10(9,8(11)5-7)6-15(12,13)14;2-1(3)5-4/h7H,3-6H2,1-2H3,(H,12,13,14);4H2,(H4,2,3,5). The zero-order valence-corrected chi connectivity index (χ0v) is 12.5. The van der Waals surface area contributed by atoms with Gasteiger partial charge >= 0.3 is 0 Å². The lowest BCUT2D eigenvalue weighted by Gasteiger charge is -2.35. The van der Waals surface area contributed by atoms with Crippen molar-refractivity contribution in [2.75, 3.05) is 5.75 Å². The Labute approximate surface area is 118 Å². The number of hydrogen-bond donors (Lipinski definition) is 5. The maximum atomic E-state index is 11.9. The lowest BCUT2D eigenvalue weighted by Crippen LogP contribution is -2.42. The van der Waals surface area contributed by atoms with Gasteiger partial charge in [-0.15, -0.1) is 0 Å². The molecule has 2 unspecified atom stereocenters. The monoisotopic (exact) mass is 306 g/mol. The van der Waals surface area contributed by atoms with Gasteiger partial charge in [0.1, 0.15) is 5.78 Å². The van der Waals surface area contributed by atoms with Crippen LogP contribution in [0.1, 0.15) is 33.1 Å². The van der Waals surface area contributed by atoms with Gasteiger partial charge < -0.3 is 5.73 Å². The van der Waals surface area contributed by atoms with Crippen LogP contribution in [0.2, 0.25) is 0 Å². The molecule has 2 atom stereocenters. The molecule has 8 nitrogen and oxygen atoms in total. The molecular weight excluding hydrogens is 284 g/mol. The molecular formula is C11H22N4O4S. The molecule has 2 bridgehead atoms. The zero-order valence-electron chi connectivity index (χ0n) is 11.6. The number of carbonyl (C=O) groups is 1. The Morgan fingerprint density at radius 3 is 2.30 bits per heavy atom. The first-order chi connectivity index (χ1) is 8.96. The first kappa shape index (κ1) is 16.9. The van der Waals surface area contributed by atoms with Gasteiger partial charge in [0.15, 0.2) is 5.96 Å². The quantitative estimate of drug-likeness (QED) is 0.153. The van der Waals surface area contributed by atoms with E-state index in [9.17, 15) is 13.2 Å². The van der Waals surface area contributed by atoms with E-state index in [1.54, 1.807) is 0 Å². The maximum absolute atomic E-state index is 11.9. The van der Waals surface area contributed by atoms with Crippen LogP contribution in [-0.2, 0) is 14.9 Å². The highest BCUT2D eigenvalue weighted by molar-refractivity contribution is 7.85. The molecule has 0 aromatic heterocycles. The fraction of sp³-hybridized carbons (Fsp3) is 0.818. The molecule has 0 amide bonds. The van der Waals surface area contributed by atoms with E-state index in [1.165, 1.54) is 0 Å².